The Balaban J connectivity index is 1.96. The normalized spacial score (nSPS) is 35.3. The predicted molar refractivity (Wildman–Crippen MR) is 57.5 cm³/mol. The van der Waals surface area contributed by atoms with Crippen LogP contribution in [0.1, 0.15) is 39.0 Å². The molecule has 15 heavy (non-hydrogen) atoms. The summed E-state index contributed by atoms with van der Waals surface area (Å²) in [6, 6.07) is 0.289. The van der Waals surface area contributed by atoms with Crippen molar-refractivity contribution in [3.05, 3.63) is 0 Å². The van der Waals surface area contributed by atoms with Crippen molar-refractivity contribution < 1.29 is 9.53 Å². The molecule has 1 aliphatic carbocycles. The molecule has 2 rings (SSSR count). The van der Waals surface area contributed by atoms with Crippen molar-refractivity contribution in [3.8, 4) is 0 Å². The van der Waals surface area contributed by atoms with Crippen LogP contribution >= 0.6 is 0 Å². The van der Waals surface area contributed by atoms with E-state index >= 15 is 0 Å². The van der Waals surface area contributed by atoms with Crippen molar-refractivity contribution in [2.45, 2.75) is 51.2 Å². The number of hydrogen-bond donors (Lipinski definition) is 1. The molecular weight excluding hydrogens is 192 g/mol. The summed E-state index contributed by atoms with van der Waals surface area (Å²) in [6.07, 6.45) is 5.07. The molecule has 84 valence electrons. The van der Waals surface area contributed by atoms with Gasteiger partial charge in [-0.3, -0.25) is 9.79 Å². The first kappa shape index (κ1) is 10.5. The maximum Gasteiger partial charge on any atom is 0.302 e. The third-order valence-electron chi connectivity index (χ3n) is 3.34. The van der Waals surface area contributed by atoms with Crippen LogP contribution in [-0.4, -0.2) is 24.0 Å². The third kappa shape index (κ3) is 2.49. The number of nitrogens with zero attached hydrogens (tertiary/aromatic N) is 1. The van der Waals surface area contributed by atoms with Crippen molar-refractivity contribution in [1.29, 1.82) is 0 Å². The average Bonchev–Trinajstić information content (AvgIpc) is 2.16. The molecule has 1 fully saturated rings. The number of ether oxygens (including phenoxy) is 1. The molecule has 0 aromatic heterocycles. The zero-order valence-corrected chi connectivity index (χ0v) is 9.11. The second-order valence-electron chi connectivity index (χ2n) is 4.53. The number of fused-ring (bicyclic) bond motifs is 1. The van der Waals surface area contributed by atoms with E-state index in [1.165, 1.54) is 6.92 Å². The minimum Gasteiger partial charge on any atom is -0.462 e. The monoisotopic (exact) mass is 210 g/mol. The summed E-state index contributed by atoms with van der Waals surface area (Å²) in [5.41, 5.74) is 5.73. The van der Waals surface area contributed by atoms with Gasteiger partial charge in [-0.2, -0.15) is 0 Å². The molecule has 0 spiro atoms. The van der Waals surface area contributed by atoms with Gasteiger partial charge < -0.3 is 10.5 Å². The smallest absolute Gasteiger partial charge is 0.302 e. The summed E-state index contributed by atoms with van der Waals surface area (Å²) in [6.45, 7) is 1.46. The van der Waals surface area contributed by atoms with Crippen LogP contribution in [0.15, 0.2) is 4.99 Å². The molecule has 1 heterocycles. The van der Waals surface area contributed by atoms with Gasteiger partial charge in [-0.05, 0) is 25.2 Å². The summed E-state index contributed by atoms with van der Waals surface area (Å²) >= 11 is 0. The largest absolute Gasteiger partial charge is 0.462 e. The second kappa shape index (κ2) is 4.21. The maximum absolute atomic E-state index is 10.9. The lowest BCUT2D eigenvalue weighted by Crippen LogP contribution is -2.38. The van der Waals surface area contributed by atoms with Gasteiger partial charge >= 0.3 is 5.97 Å². The molecule has 0 aromatic rings. The van der Waals surface area contributed by atoms with E-state index in [4.69, 9.17) is 10.5 Å². The SMILES string of the molecule is CC(=O)OC1CCC2CCC(N)=NC2C1. The lowest BCUT2D eigenvalue weighted by Gasteiger charge is -2.36. The molecule has 0 radical (unpaired) electrons. The summed E-state index contributed by atoms with van der Waals surface area (Å²) < 4.78 is 5.23. The lowest BCUT2D eigenvalue weighted by atomic mass is 9.79. The molecule has 4 nitrogen and oxygen atoms in total. The minimum atomic E-state index is -0.189. The Morgan fingerprint density at radius 1 is 1.47 bits per heavy atom. The van der Waals surface area contributed by atoms with Crippen LogP contribution in [0.4, 0.5) is 0 Å². The molecule has 1 aliphatic heterocycles. The predicted octanol–water partition coefficient (Wildman–Crippen LogP) is 1.24. The van der Waals surface area contributed by atoms with E-state index in [9.17, 15) is 4.79 Å². The van der Waals surface area contributed by atoms with E-state index in [0.29, 0.717) is 5.92 Å². The quantitative estimate of drug-likeness (QED) is 0.662. The van der Waals surface area contributed by atoms with Gasteiger partial charge in [-0.1, -0.05) is 0 Å². The first-order valence-electron chi connectivity index (χ1n) is 5.64. The van der Waals surface area contributed by atoms with Crippen molar-refractivity contribution >= 4 is 11.8 Å². The number of amidine groups is 1. The maximum atomic E-state index is 10.9. The first-order chi connectivity index (χ1) is 7.15. The third-order valence-corrected chi connectivity index (χ3v) is 3.34. The van der Waals surface area contributed by atoms with Gasteiger partial charge in [0.05, 0.1) is 11.9 Å². The molecule has 1 saturated carbocycles. The Kier molecular flexibility index (Phi) is 2.93. The van der Waals surface area contributed by atoms with Gasteiger partial charge in [-0.25, -0.2) is 0 Å². The zero-order chi connectivity index (χ0) is 10.8. The topological polar surface area (TPSA) is 64.7 Å². The molecule has 0 saturated heterocycles. The van der Waals surface area contributed by atoms with E-state index < -0.39 is 0 Å². The van der Waals surface area contributed by atoms with E-state index in [1.54, 1.807) is 0 Å². The number of aliphatic imine (C=N–C) groups is 1. The molecule has 2 aliphatic rings. The van der Waals surface area contributed by atoms with Gasteiger partial charge in [0.2, 0.25) is 0 Å². The summed E-state index contributed by atoms with van der Waals surface area (Å²) in [5.74, 6) is 1.23. The Morgan fingerprint density at radius 2 is 2.27 bits per heavy atom. The highest BCUT2D eigenvalue weighted by atomic mass is 16.5. The number of hydrogen-bond acceptors (Lipinski definition) is 4. The highest BCUT2D eigenvalue weighted by Gasteiger charge is 2.33. The zero-order valence-electron chi connectivity index (χ0n) is 9.11. The Bertz CT molecular complexity index is 288. The van der Waals surface area contributed by atoms with Gasteiger partial charge in [0, 0.05) is 19.8 Å². The van der Waals surface area contributed by atoms with E-state index in [-0.39, 0.29) is 18.1 Å². The molecule has 2 N–H and O–H groups in total. The molecule has 3 atom stereocenters. The minimum absolute atomic E-state index is 0.0541. The van der Waals surface area contributed by atoms with E-state index in [2.05, 4.69) is 4.99 Å². The van der Waals surface area contributed by atoms with Gasteiger partial charge in [0.25, 0.3) is 0 Å². The molecule has 0 amide bonds. The molecule has 0 aromatic carbocycles. The van der Waals surface area contributed by atoms with Crippen LogP contribution in [-0.2, 0) is 9.53 Å². The fourth-order valence-electron chi connectivity index (χ4n) is 2.62. The second-order valence-corrected chi connectivity index (χ2v) is 4.53. The molecule has 0 bridgehead atoms. The first-order valence-corrected chi connectivity index (χ1v) is 5.64. The summed E-state index contributed by atoms with van der Waals surface area (Å²) in [5, 5.41) is 0. The fourth-order valence-corrected chi connectivity index (χ4v) is 2.62. The highest BCUT2D eigenvalue weighted by molar-refractivity contribution is 5.81. The Labute approximate surface area is 89.9 Å². The van der Waals surface area contributed by atoms with Crippen LogP contribution in [0.5, 0.6) is 0 Å². The van der Waals surface area contributed by atoms with E-state index in [0.717, 1.165) is 37.9 Å². The Hall–Kier alpha value is -1.06. The van der Waals surface area contributed by atoms with Crippen molar-refractivity contribution in [2.24, 2.45) is 16.6 Å². The van der Waals surface area contributed by atoms with Crippen LogP contribution in [0.3, 0.4) is 0 Å². The van der Waals surface area contributed by atoms with Crippen LogP contribution in [0.2, 0.25) is 0 Å². The van der Waals surface area contributed by atoms with Gasteiger partial charge in [-0.15, -0.1) is 0 Å². The van der Waals surface area contributed by atoms with Crippen molar-refractivity contribution in [1.82, 2.24) is 0 Å². The number of esters is 1. The fraction of sp³-hybridized carbons (Fsp3) is 0.818. The average molecular weight is 210 g/mol. The molecule has 4 heteroatoms. The van der Waals surface area contributed by atoms with E-state index in [1.807, 2.05) is 0 Å². The summed E-state index contributed by atoms with van der Waals surface area (Å²) in [4.78, 5) is 15.3. The van der Waals surface area contributed by atoms with Crippen LogP contribution in [0.25, 0.3) is 0 Å². The number of carbonyl (C=O) groups excluding carboxylic acids is 1. The van der Waals surface area contributed by atoms with Crippen molar-refractivity contribution in [2.75, 3.05) is 0 Å². The number of nitrogens with two attached hydrogens (primary N) is 1. The van der Waals surface area contributed by atoms with Crippen molar-refractivity contribution in [3.63, 3.8) is 0 Å². The standard InChI is InChI=1S/C11H18N2O2/c1-7(14)15-9-4-2-8-3-5-11(12)13-10(8)6-9/h8-10H,2-6H2,1H3,(H2,12,13). The molecule has 3 unspecified atom stereocenters. The molecular formula is C11H18N2O2. The number of rotatable bonds is 1. The van der Waals surface area contributed by atoms with Crippen LogP contribution in [0, 0.1) is 5.92 Å². The van der Waals surface area contributed by atoms with Crippen LogP contribution < -0.4 is 5.73 Å². The van der Waals surface area contributed by atoms with Gasteiger partial charge in [0.1, 0.15) is 6.10 Å². The summed E-state index contributed by atoms with van der Waals surface area (Å²) in [7, 11) is 0. The highest BCUT2D eigenvalue weighted by Crippen LogP contribution is 2.34. The van der Waals surface area contributed by atoms with Gasteiger partial charge in [0.15, 0.2) is 0 Å². The lowest BCUT2D eigenvalue weighted by molar-refractivity contribution is -0.148. The Morgan fingerprint density at radius 3 is 3.00 bits per heavy atom. The number of carbonyl (C=O) groups is 1.